The highest BCUT2D eigenvalue weighted by molar-refractivity contribution is 5.66. The van der Waals surface area contributed by atoms with Crippen molar-refractivity contribution in [3.63, 3.8) is 0 Å². The second kappa shape index (κ2) is 8.96. The minimum atomic E-state index is -0.738. The van der Waals surface area contributed by atoms with Gasteiger partial charge >= 0.3 is 5.97 Å². The Morgan fingerprint density at radius 2 is 2.13 bits per heavy atom. The number of carboxylic acids is 1. The van der Waals surface area contributed by atoms with Gasteiger partial charge in [0.1, 0.15) is 0 Å². The Morgan fingerprint density at radius 1 is 1.40 bits per heavy atom. The fourth-order valence-electron chi connectivity index (χ4n) is 0.797. The Hall–Kier alpha value is -1.62. The molecule has 0 aliphatic heterocycles. The van der Waals surface area contributed by atoms with Gasteiger partial charge in [-0.3, -0.25) is 9.59 Å². The topological polar surface area (TPSA) is 96.2 Å². The van der Waals surface area contributed by atoms with Gasteiger partial charge in [0.15, 0.2) is 0 Å². The van der Waals surface area contributed by atoms with Gasteiger partial charge < -0.3 is 15.8 Å². The molecule has 0 unspecified atom stereocenters. The van der Waals surface area contributed by atoms with Gasteiger partial charge in [-0.05, 0) is 25.5 Å². The van der Waals surface area contributed by atoms with E-state index in [4.69, 9.17) is 10.8 Å². The van der Waals surface area contributed by atoms with Gasteiger partial charge in [-0.1, -0.05) is 6.07 Å². The monoisotopic (exact) mass is 212 g/mol. The third-order valence-corrected chi connectivity index (χ3v) is 1.53. The summed E-state index contributed by atoms with van der Waals surface area (Å²) in [6.07, 6.45) is 3.36. The number of aromatic nitrogens is 1. The summed E-state index contributed by atoms with van der Waals surface area (Å²) in [5.74, 6) is -0.738. The van der Waals surface area contributed by atoms with E-state index >= 15 is 0 Å². The number of H-pyrrole nitrogens is 1. The summed E-state index contributed by atoms with van der Waals surface area (Å²) >= 11 is 0. The summed E-state index contributed by atoms with van der Waals surface area (Å²) in [4.78, 5) is 22.5. The normalized spacial score (nSPS) is 8.87. The van der Waals surface area contributed by atoms with E-state index in [0.717, 1.165) is 6.42 Å². The molecule has 5 nitrogen and oxygen atoms in total. The van der Waals surface area contributed by atoms with Crippen LogP contribution < -0.4 is 11.3 Å². The highest BCUT2D eigenvalue weighted by atomic mass is 16.4. The zero-order chi connectivity index (χ0) is 11.5. The van der Waals surface area contributed by atoms with Crippen LogP contribution in [-0.2, 0) is 4.79 Å². The van der Waals surface area contributed by atoms with Crippen LogP contribution in [0.4, 0.5) is 0 Å². The molecule has 0 fully saturated rings. The van der Waals surface area contributed by atoms with Crippen molar-refractivity contribution in [1.29, 1.82) is 0 Å². The molecule has 0 aliphatic carbocycles. The van der Waals surface area contributed by atoms with Crippen molar-refractivity contribution in [2.75, 3.05) is 6.54 Å². The molecule has 0 saturated heterocycles. The number of nitrogens with two attached hydrogens (primary N) is 1. The maximum Gasteiger partial charge on any atom is 0.303 e. The summed E-state index contributed by atoms with van der Waals surface area (Å²) in [7, 11) is 0. The van der Waals surface area contributed by atoms with Crippen molar-refractivity contribution in [3.05, 3.63) is 34.7 Å². The van der Waals surface area contributed by atoms with Crippen molar-refractivity contribution in [2.24, 2.45) is 5.73 Å². The molecule has 1 aromatic rings. The van der Waals surface area contributed by atoms with Crippen LogP contribution in [0.2, 0.25) is 0 Å². The Balaban J connectivity index is 0.000000262. The van der Waals surface area contributed by atoms with Crippen LogP contribution in [-0.4, -0.2) is 22.6 Å². The Kier molecular flexibility index (Phi) is 7.99. The average molecular weight is 212 g/mol. The van der Waals surface area contributed by atoms with E-state index in [1.54, 1.807) is 18.3 Å². The first-order chi connectivity index (χ1) is 7.16. The van der Waals surface area contributed by atoms with E-state index in [1.807, 2.05) is 0 Å². The summed E-state index contributed by atoms with van der Waals surface area (Å²) in [6, 6.07) is 4.93. The highest BCUT2D eigenvalue weighted by Gasteiger charge is 1.92. The van der Waals surface area contributed by atoms with E-state index in [-0.39, 0.29) is 12.0 Å². The van der Waals surface area contributed by atoms with E-state index < -0.39 is 5.97 Å². The fourth-order valence-corrected chi connectivity index (χ4v) is 0.797. The molecule has 0 spiro atoms. The number of aliphatic carboxylic acids is 1. The first kappa shape index (κ1) is 13.4. The van der Waals surface area contributed by atoms with Crippen molar-refractivity contribution in [1.82, 2.24) is 4.98 Å². The Morgan fingerprint density at radius 3 is 2.47 bits per heavy atom. The number of rotatable bonds is 4. The highest BCUT2D eigenvalue weighted by Crippen LogP contribution is 1.91. The zero-order valence-electron chi connectivity index (χ0n) is 8.48. The molecule has 4 N–H and O–H groups in total. The van der Waals surface area contributed by atoms with Gasteiger partial charge in [0.2, 0.25) is 5.56 Å². The van der Waals surface area contributed by atoms with Gasteiger partial charge in [0.25, 0.3) is 0 Å². The van der Waals surface area contributed by atoms with Crippen LogP contribution in [0.1, 0.15) is 19.3 Å². The number of nitrogens with one attached hydrogen (secondary N) is 1. The number of unbranched alkanes of at least 4 members (excludes halogenated alkanes) is 1. The molecule has 0 saturated carbocycles. The molecule has 0 aromatic carbocycles. The minimum Gasteiger partial charge on any atom is -0.481 e. The molecule has 0 amide bonds. The van der Waals surface area contributed by atoms with Crippen molar-refractivity contribution >= 4 is 5.97 Å². The molecule has 1 heterocycles. The summed E-state index contributed by atoms with van der Waals surface area (Å²) in [5.41, 5.74) is 5.07. The molecule has 1 aromatic heterocycles. The SMILES string of the molecule is NCCCCC(=O)O.O=c1cccc[nH]1. The number of aromatic amines is 1. The molecular formula is C10H16N2O3. The van der Waals surface area contributed by atoms with E-state index in [0.29, 0.717) is 13.0 Å². The van der Waals surface area contributed by atoms with Gasteiger partial charge in [-0.2, -0.15) is 0 Å². The van der Waals surface area contributed by atoms with Gasteiger partial charge in [-0.15, -0.1) is 0 Å². The number of carbonyl (C=O) groups is 1. The van der Waals surface area contributed by atoms with Gasteiger partial charge in [0.05, 0.1) is 0 Å². The van der Waals surface area contributed by atoms with Crippen molar-refractivity contribution in [3.8, 4) is 0 Å². The number of hydrogen-bond donors (Lipinski definition) is 3. The molecule has 1 rings (SSSR count). The van der Waals surface area contributed by atoms with E-state index in [2.05, 4.69) is 4.98 Å². The summed E-state index contributed by atoms with van der Waals surface area (Å²) < 4.78 is 0. The van der Waals surface area contributed by atoms with Crippen LogP contribution in [0.5, 0.6) is 0 Å². The van der Waals surface area contributed by atoms with E-state index in [9.17, 15) is 9.59 Å². The number of carboxylic acid groups (broad SMARTS) is 1. The predicted octanol–water partition coefficient (Wildman–Crippen LogP) is 0.575. The Bertz CT molecular complexity index is 305. The third kappa shape index (κ3) is 10.3. The molecule has 0 radical (unpaired) electrons. The van der Waals surface area contributed by atoms with Crippen LogP contribution in [0.25, 0.3) is 0 Å². The van der Waals surface area contributed by atoms with Gasteiger partial charge in [-0.25, -0.2) is 0 Å². The summed E-state index contributed by atoms with van der Waals surface area (Å²) in [6.45, 7) is 0.591. The van der Waals surface area contributed by atoms with E-state index in [1.165, 1.54) is 6.07 Å². The second-order valence-electron chi connectivity index (χ2n) is 2.87. The molecule has 5 heteroatoms. The second-order valence-corrected chi connectivity index (χ2v) is 2.87. The van der Waals surface area contributed by atoms with Crippen LogP contribution in [0.15, 0.2) is 29.2 Å². The molecule has 15 heavy (non-hydrogen) atoms. The van der Waals surface area contributed by atoms with Crippen molar-refractivity contribution < 1.29 is 9.90 Å². The smallest absolute Gasteiger partial charge is 0.303 e. The number of pyridine rings is 1. The predicted molar refractivity (Wildman–Crippen MR) is 57.6 cm³/mol. The fraction of sp³-hybridized carbons (Fsp3) is 0.400. The van der Waals surface area contributed by atoms with Gasteiger partial charge in [0, 0.05) is 18.7 Å². The lowest BCUT2D eigenvalue weighted by atomic mass is 10.2. The first-order valence-electron chi connectivity index (χ1n) is 4.72. The van der Waals surface area contributed by atoms with Crippen LogP contribution in [0, 0.1) is 0 Å². The Labute approximate surface area is 87.9 Å². The minimum absolute atomic E-state index is 0.0532. The van der Waals surface area contributed by atoms with Crippen molar-refractivity contribution in [2.45, 2.75) is 19.3 Å². The molecule has 84 valence electrons. The molecular weight excluding hydrogens is 196 g/mol. The lowest BCUT2D eigenvalue weighted by molar-refractivity contribution is -0.137. The molecule has 0 aliphatic rings. The van der Waals surface area contributed by atoms with Crippen LogP contribution in [0.3, 0.4) is 0 Å². The number of hydrogen-bond acceptors (Lipinski definition) is 3. The molecule has 0 atom stereocenters. The maximum atomic E-state index is 10.2. The zero-order valence-corrected chi connectivity index (χ0v) is 8.48. The standard InChI is InChI=1S/C5H11NO2.C5H5NO/c6-4-2-1-3-5(7)8;7-5-3-1-2-4-6-5/h1-4,6H2,(H,7,8);1-4H,(H,6,7). The average Bonchev–Trinajstić information content (AvgIpc) is 2.20. The molecule has 0 bridgehead atoms. The lowest BCUT2D eigenvalue weighted by Gasteiger charge is -1.90. The largest absolute Gasteiger partial charge is 0.481 e. The quantitative estimate of drug-likeness (QED) is 0.636. The first-order valence-corrected chi connectivity index (χ1v) is 4.72. The lowest BCUT2D eigenvalue weighted by Crippen LogP contribution is -2.00. The summed E-state index contributed by atoms with van der Waals surface area (Å²) in [5, 5.41) is 8.10. The third-order valence-electron chi connectivity index (χ3n) is 1.53. The van der Waals surface area contributed by atoms with Crippen LogP contribution >= 0.6 is 0 Å². The maximum absolute atomic E-state index is 10.2.